The lowest BCUT2D eigenvalue weighted by Gasteiger charge is -2.08. The Kier molecular flexibility index (Phi) is 4.73. The minimum absolute atomic E-state index is 0. The minimum Gasteiger partial charge on any atom is -0.383 e. The van der Waals surface area contributed by atoms with Crippen molar-refractivity contribution < 1.29 is 0 Å². The molecule has 0 amide bonds. The van der Waals surface area contributed by atoms with Crippen LogP contribution in [0.4, 0.5) is 17.5 Å². The Bertz CT molecular complexity index is 792. The summed E-state index contributed by atoms with van der Waals surface area (Å²) in [6.45, 7) is 0. The molecule has 1 heterocycles. The van der Waals surface area contributed by atoms with Gasteiger partial charge in [-0.2, -0.15) is 4.98 Å². The summed E-state index contributed by atoms with van der Waals surface area (Å²) >= 11 is 11.8. The first kappa shape index (κ1) is 15.6. The molecule has 0 atom stereocenters. The summed E-state index contributed by atoms with van der Waals surface area (Å²) in [6.07, 6.45) is 0. The maximum atomic E-state index is 5.97. The van der Waals surface area contributed by atoms with Gasteiger partial charge >= 0.3 is 0 Å². The van der Waals surface area contributed by atoms with E-state index < -0.39 is 0 Å². The van der Waals surface area contributed by atoms with Crippen LogP contribution in [0.1, 0.15) is 0 Å². The number of rotatable bonds is 2. The van der Waals surface area contributed by atoms with Gasteiger partial charge in [0.2, 0.25) is 5.95 Å². The Morgan fingerprint density at radius 2 is 1.71 bits per heavy atom. The summed E-state index contributed by atoms with van der Waals surface area (Å²) in [5.41, 5.74) is 7.45. The summed E-state index contributed by atoms with van der Waals surface area (Å²) in [5, 5.41) is 4.85. The van der Waals surface area contributed by atoms with E-state index in [-0.39, 0.29) is 12.4 Å². The van der Waals surface area contributed by atoms with Crippen molar-refractivity contribution in [1.82, 2.24) is 9.97 Å². The molecule has 21 heavy (non-hydrogen) atoms. The number of benzene rings is 2. The number of hydrogen-bond acceptors (Lipinski definition) is 4. The van der Waals surface area contributed by atoms with Crippen LogP contribution in [0, 0.1) is 0 Å². The van der Waals surface area contributed by atoms with Crippen molar-refractivity contribution >= 4 is 64.0 Å². The number of aromatic nitrogens is 2. The van der Waals surface area contributed by atoms with Gasteiger partial charge < -0.3 is 11.1 Å². The molecule has 0 saturated carbocycles. The van der Waals surface area contributed by atoms with Crippen molar-refractivity contribution in [1.29, 1.82) is 0 Å². The lowest BCUT2D eigenvalue weighted by Crippen LogP contribution is -2.01. The molecule has 0 spiro atoms. The second-order valence-electron chi connectivity index (χ2n) is 4.20. The highest BCUT2D eigenvalue weighted by Gasteiger charge is 2.06. The zero-order chi connectivity index (χ0) is 14.1. The highest BCUT2D eigenvalue weighted by Crippen LogP contribution is 2.27. The second kappa shape index (κ2) is 6.35. The molecule has 0 fully saturated rings. The number of nitrogens with two attached hydrogens (primary N) is 1. The molecule has 0 saturated heterocycles. The van der Waals surface area contributed by atoms with Crippen molar-refractivity contribution in [2.24, 2.45) is 0 Å². The van der Waals surface area contributed by atoms with E-state index in [1.165, 1.54) is 0 Å². The molecule has 0 unspecified atom stereocenters. The fourth-order valence-electron chi connectivity index (χ4n) is 1.86. The Balaban J connectivity index is 0.00000161. The highest BCUT2D eigenvalue weighted by atomic mass is 35.5. The normalized spacial score (nSPS) is 10.2. The number of halogens is 3. The van der Waals surface area contributed by atoms with Crippen molar-refractivity contribution in [3.05, 3.63) is 52.5 Å². The Morgan fingerprint density at radius 3 is 2.48 bits per heavy atom. The lowest BCUT2D eigenvalue weighted by molar-refractivity contribution is 1.22. The van der Waals surface area contributed by atoms with Gasteiger partial charge in [-0.25, -0.2) is 4.98 Å². The number of nitrogens with one attached hydrogen (secondary N) is 1. The first-order valence-corrected chi connectivity index (χ1v) is 6.63. The number of para-hydroxylation sites is 1. The van der Waals surface area contributed by atoms with Crippen LogP contribution < -0.4 is 11.1 Å². The van der Waals surface area contributed by atoms with E-state index >= 15 is 0 Å². The van der Waals surface area contributed by atoms with E-state index in [9.17, 15) is 0 Å². The fourth-order valence-corrected chi connectivity index (χ4v) is 2.16. The molecule has 4 nitrogen and oxygen atoms in total. The van der Waals surface area contributed by atoms with Crippen LogP contribution in [-0.2, 0) is 0 Å². The van der Waals surface area contributed by atoms with E-state index in [0.29, 0.717) is 21.8 Å². The van der Waals surface area contributed by atoms with Gasteiger partial charge in [0.15, 0.2) is 0 Å². The van der Waals surface area contributed by atoms with Gasteiger partial charge in [-0.05, 0) is 30.3 Å². The van der Waals surface area contributed by atoms with Crippen LogP contribution in [0.5, 0.6) is 0 Å². The fraction of sp³-hybridized carbons (Fsp3) is 0. The number of nitrogen functional groups attached to an aromatic ring is 1. The molecule has 0 aliphatic rings. The molecule has 0 aliphatic carbocycles. The van der Waals surface area contributed by atoms with Gasteiger partial charge in [0.05, 0.1) is 15.6 Å². The quantitative estimate of drug-likeness (QED) is 0.710. The summed E-state index contributed by atoms with van der Waals surface area (Å²) in [6, 6.07) is 12.8. The van der Waals surface area contributed by atoms with Gasteiger partial charge in [0.25, 0.3) is 0 Å². The first-order valence-electron chi connectivity index (χ1n) is 5.88. The topological polar surface area (TPSA) is 63.8 Å². The van der Waals surface area contributed by atoms with Crippen LogP contribution in [-0.4, -0.2) is 9.97 Å². The maximum absolute atomic E-state index is 5.97. The number of hydrogen-bond donors (Lipinski definition) is 2. The monoisotopic (exact) mass is 340 g/mol. The summed E-state index contributed by atoms with van der Waals surface area (Å²) in [4.78, 5) is 8.63. The van der Waals surface area contributed by atoms with E-state index in [2.05, 4.69) is 15.3 Å². The molecular weight excluding hydrogens is 331 g/mol. The van der Waals surface area contributed by atoms with Gasteiger partial charge in [0, 0.05) is 11.1 Å². The minimum atomic E-state index is 0. The second-order valence-corrected chi connectivity index (χ2v) is 5.02. The SMILES string of the molecule is Cl.Nc1nc(Nc2ccc(Cl)c(Cl)c2)nc2ccccc12. The zero-order valence-corrected chi connectivity index (χ0v) is 13.0. The average Bonchev–Trinajstić information content (AvgIpc) is 2.43. The van der Waals surface area contributed by atoms with Crippen LogP contribution >= 0.6 is 35.6 Å². The van der Waals surface area contributed by atoms with Crippen molar-refractivity contribution in [3.63, 3.8) is 0 Å². The largest absolute Gasteiger partial charge is 0.383 e. The highest BCUT2D eigenvalue weighted by molar-refractivity contribution is 6.42. The standard InChI is InChI=1S/C14H10Cl2N4.ClH/c15-10-6-5-8(7-11(10)16)18-14-19-12-4-2-1-3-9(12)13(17)20-14;/h1-7H,(H3,17,18,19,20);1H. The number of anilines is 3. The van der Waals surface area contributed by atoms with Crippen LogP contribution in [0.25, 0.3) is 10.9 Å². The van der Waals surface area contributed by atoms with E-state index in [0.717, 1.165) is 16.6 Å². The number of nitrogens with zero attached hydrogens (tertiary/aromatic N) is 2. The molecule has 3 N–H and O–H groups in total. The summed E-state index contributed by atoms with van der Waals surface area (Å²) in [5.74, 6) is 0.845. The van der Waals surface area contributed by atoms with Gasteiger partial charge in [-0.15, -0.1) is 12.4 Å². The van der Waals surface area contributed by atoms with Gasteiger partial charge in [-0.1, -0.05) is 35.3 Å². The molecular formula is C14H11Cl3N4. The van der Waals surface area contributed by atoms with Crippen LogP contribution in [0.15, 0.2) is 42.5 Å². The van der Waals surface area contributed by atoms with Crippen molar-refractivity contribution in [2.45, 2.75) is 0 Å². The third-order valence-electron chi connectivity index (χ3n) is 2.81. The molecule has 7 heteroatoms. The number of fused-ring (bicyclic) bond motifs is 1. The Morgan fingerprint density at radius 1 is 0.952 bits per heavy atom. The van der Waals surface area contributed by atoms with Crippen molar-refractivity contribution in [3.8, 4) is 0 Å². The predicted octanol–water partition coefficient (Wildman–Crippen LogP) is 4.68. The lowest BCUT2D eigenvalue weighted by atomic mass is 10.2. The Hall–Kier alpha value is -1.75. The summed E-state index contributed by atoms with van der Waals surface area (Å²) < 4.78 is 0. The van der Waals surface area contributed by atoms with Crippen LogP contribution in [0.2, 0.25) is 10.0 Å². The maximum Gasteiger partial charge on any atom is 0.229 e. The third kappa shape index (κ3) is 3.29. The van der Waals surface area contributed by atoms with Gasteiger partial charge in [-0.3, -0.25) is 0 Å². The predicted molar refractivity (Wildman–Crippen MR) is 90.9 cm³/mol. The van der Waals surface area contributed by atoms with Crippen LogP contribution in [0.3, 0.4) is 0 Å². The molecule has 2 aromatic carbocycles. The molecule has 3 rings (SSSR count). The molecule has 0 radical (unpaired) electrons. The molecule has 108 valence electrons. The average molecular weight is 342 g/mol. The third-order valence-corrected chi connectivity index (χ3v) is 3.55. The first-order chi connectivity index (χ1) is 9.63. The van der Waals surface area contributed by atoms with E-state index in [1.54, 1.807) is 18.2 Å². The summed E-state index contributed by atoms with van der Waals surface area (Å²) in [7, 11) is 0. The molecule has 3 aromatic rings. The Labute approximate surface area is 137 Å². The molecule has 0 bridgehead atoms. The smallest absolute Gasteiger partial charge is 0.229 e. The zero-order valence-electron chi connectivity index (χ0n) is 10.7. The van der Waals surface area contributed by atoms with Gasteiger partial charge in [0.1, 0.15) is 5.82 Å². The van der Waals surface area contributed by atoms with Crippen molar-refractivity contribution in [2.75, 3.05) is 11.1 Å². The molecule has 1 aromatic heterocycles. The molecule has 0 aliphatic heterocycles. The van der Waals surface area contributed by atoms with E-state index in [1.807, 2.05) is 24.3 Å². The van der Waals surface area contributed by atoms with E-state index in [4.69, 9.17) is 28.9 Å².